The topological polar surface area (TPSA) is 67.9 Å². The van der Waals surface area contributed by atoms with Crippen molar-refractivity contribution in [2.24, 2.45) is 0 Å². The van der Waals surface area contributed by atoms with E-state index in [1.165, 1.54) is 11.1 Å². The Bertz CT molecular complexity index is 1380. The minimum atomic E-state index is -0.524. The minimum absolute atomic E-state index is 0.0184. The lowest BCUT2D eigenvalue weighted by molar-refractivity contribution is -0.125. The van der Waals surface area contributed by atoms with Gasteiger partial charge >= 0.3 is 0 Å². The first-order chi connectivity index (χ1) is 18.6. The second-order valence-electron chi connectivity index (χ2n) is 10.3. The number of fused-ring (bicyclic) bond motifs is 5. The van der Waals surface area contributed by atoms with Gasteiger partial charge in [-0.3, -0.25) is 9.59 Å². The lowest BCUT2D eigenvalue weighted by Gasteiger charge is -2.45. The molecule has 1 aliphatic carbocycles. The SMILES string of the molecule is CCOc1cc2c(cc1OCC)[C@@H]1[C@@H](C(=O)N[C@H]3CCCc4ccccc43)c3ccccc3C(=O)N1CC2. The van der Waals surface area contributed by atoms with Crippen LogP contribution in [-0.4, -0.2) is 36.5 Å². The highest BCUT2D eigenvalue weighted by atomic mass is 16.5. The van der Waals surface area contributed by atoms with Crippen LogP contribution in [0.3, 0.4) is 0 Å². The van der Waals surface area contributed by atoms with Gasteiger partial charge < -0.3 is 19.7 Å². The van der Waals surface area contributed by atoms with E-state index in [9.17, 15) is 9.59 Å². The second kappa shape index (κ2) is 10.2. The third-order valence-corrected chi connectivity index (χ3v) is 8.15. The molecule has 3 aromatic carbocycles. The third-order valence-electron chi connectivity index (χ3n) is 8.15. The molecule has 0 saturated heterocycles. The van der Waals surface area contributed by atoms with Crippen molar-refractivity contribution >= 4 is 11.8 Å². The maximum atomic E-state index is 14.3. The number of carbonyl (C=O) groups excluding carboxylic acids is 2. The molecule has 2 heterocycles. The molecule has 3 atom stereocenters. The van der Waals surface area contributed by atoms with Crippen molar-refractivity contribution in [3.05, 3.63) is 94.0 Å². The number of rotatable bonds is 6. The van der Waals surface area contributed by atoms with Gasteiger partial charge in [-0.1, -0.05) is 42.5 Å². The molecular formula is C32H34N2O4. The molecular weight excluding hydrogens is 476 g/mol. The standard InChI is InChI=1S/C32H34N2O4/c1-3-37-27-18-21-16-17-34-30(25(21)19-28(27)38-4-2)29(23-13-7-8-14-24(23)32(34)36)31(35)33-26-15-9-11-20-10-5-6-12-22(20)26/h5-8,10,12-14,18-19,26,29-30H,3-4,9,11,15-17H2,1-2H3,(H,33,35)/t26-,29-,30+/m0/s1. The fraction of sp³-hybridized carbons (Fsp3) is 0.375. The van der Waals surface area contributed by atoms with Gasteiger partial charge in [0.15, 0.2) is 11.5 Å². The van der Waals surface area contributed by atoms with Gasteiger partial charge in [0.05, 0.1) is 31.2 Å². The van der Waals surface area contributed by atoms with Gasteiger partial charge in [-0.25, -0.2) is 0 Å². The molecule has 0 bridgehead atoms. The molecule has 3 aliphatic rings. The molecule has 0 radical (unpaired) electrons. The second-order valence-corrected chi connectivity index (χ2v) is 10.3. The number of aryl methyl sites for hydroxylation is 1. The molecule has 6 rings (SSSR count). The van der Waals surface area contributed by atoms with E-state index in [1.807, 2.05) is 61.2 Å². The van der Waals surface area contributed by atoms with Crippen LogP contribution >= 0.6 is 0 Å². The zero-order chi connectivity index (χ0) is 26.2. The molecule has 6 heteroatoms. The maximum absolute atomic E-state index is 14.3. The van der Waals surface area contributed by atoms with Crippen LogP contribution in [0.4, 0.5) is 0 Å². The summed E-state index contributed by atoms with van der Waals surface area (Å²) in [5.74, 6) is 0.784. The van der Waals surface area contributed by atoms with Gasteiger partial charge in [-0.05, 0) is 85.5 Å². The Balaban J connectivity index is 1.44. The zero-order valence-corrected chi connectivity index (χ0v) is 22.0. The Hall–Kier alpha value is -3.80. The Morgan fingerprint density at radius 2 is 1.61 bits per heavy atom. The summed E-state index contributed by atoms with van der Waals surface area (Å²) in [5, 5.41) is 3.40. The average Bonchev–Trinajstić information content (AvgIpc) is 2.94. The Labute approximate surface area is 223 Å². The molecule has 6 nitrogen and oxygen atoms in total. The molecule has 2 aliphatic heterocycles. The monoisotopic (exact) mass is 510 g/mol. The number of amides is 2. The van der Waals surface area contributed by atoms with E-state index in [-0.39, 0.29) is 17.9 Å². The first-order valence-corrected chi connectivity index (χ1v) is 13.8. The predicted octanol–water partition coefficient (Wildman–Crippen LogP) is 5.51. The van der Waals surface area contributed by atoms with Crippen LogP contribution < -0.4 is 14.8 Å². The van der Waals surface area contributed by atoms with Gasteiger partial charge in [-0.15, -0.1) is 0 Å². The van der Waals surface area contributed by atoms with Crippen molar-refractivity contribution in [3.63, 3.8) is 0 Å². The number of hydrogen-bond acceptors (Lipinski definition) is 4. The van der Waals surface area contributed by atoms with Crippen molar-refractivity contribution < 1.29 is 19.1 Å². The van der Waals surface area contributed by atoms with Crippen LogP contribution in [0.2, 0.25) is 0 Å². The quantitative estimate of drug-likeness (QED) is 0.475. The van der Waals surface area contributed by atoms with Crippen LogP contribution in [0.5, 0.6) is 11.5 Å². The van der Waals surface area contributed by atoms with E-state index >= 15 is 0 Å². The third kappa shape index (κ3) is 4.12. The highest BCUT2D eigenvalue weighted by Gasteiger charge is 2.47. The molecule has 2 amide bonds. The molecule has 196 valence electrons. The van der Waals surface area contributed by atoms with E-state index in [1.54, 1.807) is 0 Å². The molecule has 1 N–H and O–H groups in total. The molecule has 0 spiro atoms. The molecule has 3 aromatic rings. The summed E-state index contributed by atoms with van der Waals surface area (Å²) in [5.41, 5.74) is 5.99. The van der Waals surface area contributed by atoms with Gasteiger partial charge in [0.25, 0.3) is 5.91 Å². The van der Waals surface area contributed by atoms with Gasteiger partial charge in [-0.2, -0.15) is 0 Å². The number of nitrogens with one attached hydrogen (secondary N) is 1. The fourth-order valence-corrected chi connectivity index (χ4v) is 6.52. The lowest BCUT2D eigenvalue weighted by Crippen LogP contribution is -2.50. The predicted molar refractivity (Wildman–Crippen MR) is 146 cm³/mol. The summed E-state index contributed by atoms with van der Waals surface area (Å²) in [6.45, 7) is 5.49. The van der Waals surface area contributed by atoms with Crippen molar-refractivity contribution in [3.8, 4) is 11.5 Å². The average molecular weight is 511 g/mol. The van der Waals surface area contributed by atoms with E-state index < -0.39 is 12.0 Å². The summed E-state index contributed by atoms with van der Waals surface area (Å²) in [6, 6.07) is 19.6. The van der Waals surface area contributed by atoms with Crippen LogP contribution in [0.1, 0.15) is 82.9 Å². The number of benzene rings is 3. The number of carbonyl (C=O) groups is 2. The lowest BCUT2D eigenvalue weighted by atomic mass is 9.75. The largest absolute Gasteiger partial charge is 0.490 e. The van der Waals surface area contributed by atoms with Crippen LogP contribution in [-0.2, 0) is 17.6 Å². The van der Waals surface area contributed by atoms with Crippen molar-refractivity contribution in [1.82, 2.24) is 10.2 Å². The van der Waals surface area contributed by atoms with E-state index in [4.69, 9.17) is 9.47 Å². The number of nitrogens with zero attached hydrogens (tertiary/aromatic N) is 1. The van der Waals surface area contributed by atoms with Crippen molar-refractivity contribution in [2.45, 2.75) is 57.5 Å². The highest BCUT2D eigenvalue weighted by Crippen LogP contribution is 2.48. The summed E-state index contributed by atoms with van der Waals surface area (Å²) in [6.07, 6.45) is 3.69. The van der Waals surface area contributed by atoms with Gasteiger partial charge in [0.2, 0.25) is 5.91 Å². The first-order valence-electron chi connectivity index (χ1n) is 13.8. The van der Waals surface area contributed by atoms with Crippen LogP contribution in [0, 0.1) is 0 Å². The minimum Gasteiger partial charge on any atom is -0.490 e. The molecule has 0 unspecified atom stereocenters. The van der Waals surface area contributed by atoms with Crippen LogP contribution in [0.25, 0.3) is 0 Å². The fourth-order valence-electron chi connectivity index (χ4n) is 6.52. The molecule has 0 aromatic heterocycles. The maximum Gasteiger partial charge on any atom is 0.254 e. The summed E-state index contributed by atoms with van der Waals surface area (Å²) in [7, 11) is 0. The van der Waals surface area contributed by atoms with E-state index in [0.717, 1.165) is 36.0 Å². The van der Waals surface area contributed by atoms with E-state index in [2.05, 4.69) is 23.5 Å². The van der Waals surface area contributed by atoms with Crippen molar-refractivity contribution in [2.75, 3.05) is 19.8 Å². The van der Waals surface area contributed by atoms with Gasteiger partial charge in [0, 0.05) is 12.1 Å². The summed E-state index contributed by atoms with van der Waals surface area (Å²) >= 11 is 0. The normalized spacial score (nSPS) is 21.5. The van der Waals surface area contributed by atoms with Crippen molar-refractivity contribution in [1.29, 1.82) is 0 Å². The Morgan fingerprint density at radius 1 is 0.895 bits per heavy atom. The Kier molecular flexibility index (Phi) is 6.56. The van der Waals surface area contributed by atoms with Crippen LogP contribution in [0.15, 0.2) is 60.7 Å². The van der Waals surface area contributed by atoms with Gasteiger partial charge in [0.1, 0.15) is 0 Å². The smallest absolute Gasteiger partial charge is 0.254 e. The molecule has 38 heavy (non-hydrogen) atoms. The van der Waals surface area contributed by atoms with E-state index in [0.29, 0.717) is 43.2 Å². The highest BCUT2D eigenvalue weighted by molar-refractivity contribution is 6.01. The Morgan fingerprint density at radius 3 is 2.39 bits per heavy atom. The summed E-state index contributed by atoms with van der Waals surface area (Å²) in [4.78, 5) is 29.9. The number of hydrogen-bond donors (Lipinski definition) is 1. The molecule has 0 fully saturated rings. The number of ether oxygens (including phenoxy) is 2. The zero-order valence-electron chi connectivity index (χ0n) is 22.0. The first kappa shape index (κ1) is 24.5. The molecule has 0 saturated carbocycles. The summed E-state index contributed by atoms with van der Waals surface area (Å²) < 4.78 is 11.9.